The quantitative estimate of drug-likeness (QED) is 0.502. The standard InChI is InChI=1S/C32H38N4O5/c1-5-32-12-6-7-19-8-10-26-22(13-19)24(15-31(2,3)41-26)34-29(38)20-9-11-25-23(14-20)28(21(17-39-4)18-40-25)36(27(37)16-32)30(33)35-32/h6-11,13-14,21,24,28H,5,12,15-18H2,1-4H3,(H2,33,35)(H,34,38)/b7-6+/t21-,24+,28-,32-/m1/s1. The van der Waals surface area contributed by atoms with Crippen molar-refractivity contribution in [3.05, 3.63) is 64.7 Å². The van der Waals surface area contributed by atoms with E-state index < -0.39 is 17.2 Å². The fourth-order valence-electron chi connectivity index (χ4n) is 6.70. The van der Waals surface area contributed by atoms with Gasteiger partial charge in [0, 0.05) is 36.1 Å². The lowest BCUT2D eigenvalue weighted by Crippen LogP contribution is -2.63. The van der Waals surface area contributed by atoms with Crippen molar-refractivity contribution < 1.29 is 23.8 Å². The monoisotopic (exact) mass is 558 g/mol. The molecule has 216 valence electrons. The molecule has 5 aliphatic rings. The van der Waals surface area contributed by atoms with Crippen LogP contribution < -0.4 is 20.1 Å². The topological polar surface area (TPSA) is 113 Å². The molecule has 1 saturated heterocycles. The number of fused-ring (bicyclic) bond motifs is 4. The highest BCUT2D eigenvalue weighted by atomic mass is 16.5. The largest absolute Gasteiger partial charge is 0.493 e. The molecule has 2 amide bonds. The van der Waals surface area contributed by atoms with Gasteiger partial charge in [-0.1, -0.05) is 25.1 Å². The summed E-state index contributed by atoms with van der Waals surface area (Å²) >= 11 is 0. The van der Waals surface area contributed by atoms with E-state index in [-0.39, 0.29) is 36.2 Å². The van der Waals surface area contributed by atoms with Gasteiger partial charge in [-0.25, -0.2) is 0 Å². The van der Waals surface area contributed by atoms with E-state index in [9.17, 15) is 9.59 Å². The minimum absolute atomic E-state index is 0.0617. The Morgan fingerprint density at radius 1 is 1.12 bits per heavy atom. The fraction of sp³-hybridized carbons (Fsp3) is 0.469. The molecule has 5 aliphatic heterocycles. The van der Waals surface area contributed by atoms with Gasteiger partial charge in [-0.05, 0) is 62.6 Å². The van der Waals surface area contributed by atoms with Crippen LogP contribution in [0.5, 0.6) is 11.5 Å². The zero-order valence-corrected chi connectivity index (χ0v) is 24.1. The van der Waals surface area contributed by atoms with Gasteiger partial charge in [0.05, 0.1) is 37.3 Å². The number of hydrogen-bond acceptors (Lipinski definition) is 6. The Labute approximate surface area is 240 Å². The van der Waals surface area contributed by atoms with Gasteiger partial charge in [-0.2, -0.15) is 0 Å². The first-order valence-electron chi connectivity index (χ1n) is 14.4. The van der Waals surface area contributed by atoms with Crippen molar-refractivity contribution in [1.82, 2.24) is 15.5 Å². The molecule has 0 spiro atoms. The van der Waals surface area contributed by atoms with E-state index in [2.05, 4.69) is 22.8 Å². The molecular weight excluding hydrogens is 520 g/mol. The van der Waals surface area contributed by atoms with Gasteiger partial charge >= 0.3 is 0 Å². The van der Waals surface area contributed by atoms with Crippen molar-refractivity contribution in [3.8, 4) is 11.5 Å². The second-order valence-corrected chi connectivity index (χ2v) is 12.3. The summed E-state index contributed by atoms with van der Waals surface area (Å²) in [5.41, 5.74) is 2.08. The number of ether oxygens (including phenoxy) is 3. The number of guanidine groups is 1. The number of carbonyl (C=O) groups is 2. The number of amides is 2. The summed E-state index contributed by atoms with van der Waals surface area (Å²) < 4.78 is 17.9. The van der Waals surface area contributed by atoms with Crippen molar-refractivity contribution in [2.75, 3.05) is 20.3 Å². The first-order chi connectivity index (χ1) is 19.6. The molecule has 0 radical (unpaired) electrons. The molecule has 9 nitrogen and oxygen atoms in total. The molecule has 6 bridgehead atoms. The summed E-state index contributed by atoms with van der Waals surface area (Å²) in [5, 5.41) is 15.7. The minimum Gasteiger partial charge on any atom is -0.493 e. The highest BCUT2D eigenvalue weighted by molar-refractivity contribution is 6.00. The fourth-order valence-corrected chi connectivity index (χ4v) is 6.70. The average molecular weight is 559 g/mol. The van der Waals surface area contributed by atoms with Crippen LogP contribution in [0.25, 0.3) is 6.08 Å². The lowest BCUT2D eigenvalue weighted by atomic mass is 9.83. The highest BCUT2D eigenvalue weighted by Gasteiger charge is 2.47. The van der Waals surface area contributed by atoms with E-state index >= 15 is 0 Å². The first-order valence-corrected chi connectivity index (χ1v) is 14.4. The Kier molecular flexibility index (Phi) is 6.80. The lowest BCUT2D eigenvalue weighted by Gasteiger charge is -2.47. The molecule has 2 aromatic rings. The maximum absolute atomic E-state index is 13.9. The van der Waals surface area contributed by atoms with Crippen molar-refractivity contribution in [2.24, 2.45) is 5.92 Å². The van der Waals surface area contributed by atoms with Gasteiger partial charge in [0.1, 0.15) is 17.1 Å². The summed E-state index contributed by atoms with van der Waals surface area (Å²) in [6, 6.07) is 10.6. The van der Waals surface area contributed by atoms with E-state index in [1.807, 2.05) is 39.0 Å². The van der Waals surface area contributed by atoms with Crippen LogP contribution in [-0.4, -0.2) is 54.1 Å². The Morgan fingerprint density at radius 3 is 2.68 bits per heavy atom. The van der Waals surface area contributed by atoms with E-state index in [0.717, 1.165) is 16.9 Å². The highest BCUT2D eigenvalue weighted by Crippen LogP contribution is 2.44. The van der Waals surface area contributed by atoms with Crippen LogP contribution in [0.1, 0.15) is 85.6 Å². The molecule has 9 heteroatoms. The van der Waals surface area contributed by atoms with Crippen LogP contribution in [0, 0.1) is 11.3 Å². The summed E-state index contributed by atoms with van der Waals surface area (Å²) in [6.07, 6.45) is 6.24. The van der Waals surface area contributed by atoms with E-state index in [1.165, 1.54) is 0 Å². The molecule has 41 heavy (non-hydrogen) atoms. The Hall–Kier alpha value is -3.85. The van der Waals surface area contributed by atoms with E-state index in [1.54, 1.807) is 30.2 Å². The van der Waals surface area contributed by atoms with Crippen LogP contribution >= 0.6 is 0 Å². The molecule has 1 fully saturated rings. The molecule has 2 aromatic carbocycles. The minimum atomic E-state index is -0.566. The first kappa shape index (κ1) is 27.3. The number of hydrogen-bond donors (Lipinski definition) is 3. The number of rotatable bonds is 3. The zero-order valence-electron chi connectivity index (χ0n) is 24.1. The van der Waals surface area contributed by atoms with Crippen LogP contribution in [0.4, 0.5) is 0 Å². The molecule has 0 aromatic heterocycles. The second kappa shape index (κ2) is 10.2. The van der Waals surface area contributed by atoms with Gasteiger partial charge < -0.3 is 24.8 Å². The number of benzene rings is 2. The van der Waals surface area contributed by atoms with E-state index in [0.29, 0.717) is 49.4 Å². The predicted molar refractivity (Wildman–Crippen MR) is 155 cm³/mol. The van der Waals surface area contributed by atoms with Crippen LogP contribution in [-0.2, 0) is 9.53 Å². The Bertz CT molecular complexity index is 1420. The Balaban J connectivity index is 1.49. The summed E-state index contributed by atoms with van der Waals surface area (Å²) in [6.45, 7) is 6.79. The van der Waals surface area contributed by atoms with Crippen molar-refractivity contribution in [1.29, 1.82) is 5.41 Å². The maximum atomic E-state index is 13.9. The molecule has 3 N–H and O–H groups in total. The van der Waals surface area contributed by atoms with Gasteiger partial charge in [-0.15, -0.1) is 0 Å². The SMILES string of the molecule is CC[C@]12C/C=C/c3ccc4c(c3)[C@H](CC(C)(C)O4)NC(=O)c3ccc4c(c3)[C@@H]([C@H](COC)CO4)N(C(=N)N1)C(=O)C2. The third kappa shape index (κ3) is 4.96. The summed E-state index contributed by atoms with van der Waals surface area (Å²) in [5.74, 6) is 0.872. The molecule has 0 unspecified atom stereocenters. The third-order valence-corrected chi connectivity index (χ3v) is 8.82. The van der Waals surface area contributed by atoms with Gasteiger partial charge in [0.15, 0.2) is 5.96 Å². The van der Waals surface area contributed by atoms with Crippen molar-refractivity contribution in [3.63, 3.8) is 0 Å². The van der Waals surface area contributed by atoms with Crippen LogP contribution in [0.2, 0.25) is 0 Å². The smallest absolute Gasteiger partial charge is 0.251 e. The van der Waals surface area contributed by atoms with E-state index in [4.69, 9.17) is 19.6 Å². The average Bonchev–Trinajstić information content (AvgIpc) is 2.93. The Morgan fingerprint density at radius 2 is 1.93 bits per heavy atom. The summed E-state index contributed by atoms with van der Waals surface area (Å²) in [4.78, 5) is 29.2. The van der Waals surface area contributed by atoms with Crippen molar-refractivity contribution in [2.45, 2.75) is 69.7 Å². The molecule has 7 rings (SSSR count). The second-order valence-electron chi connectivity index (χ2n) is 12.3. The van der Waals surface area contributed by atoms with Crippen molar-refractivity contribution >= 4 is 23.8 Å². The zero-order chi connectivity index (χ0) is 28.9. The third-order valence-electron chi connectivity index (χ3n) is 8.82. The summed E-state index contributed by atoms with van der Waals surface area (Å²) in [7, 11) is 1.62. The van der Waals surface area contributed by atoms with Gasteiger partial charge in [0.2, 0.25) is 5.91 Å². The number of nitrogens with one attached hydrogen (secondary N) is 3. The molecular formula is C32H38N4O5. The number of carbonyl (C=O) groups excluding carboxylic acids is 2. The predicted octanol–water partition coefficient (Wildman–Crippen LogP) is 4.74. The molecule has 0 saturated carbocycles. The van der Waals surface area contributed by atoms with Crippen LogP contribution in [0.3, 0.4) is 0 Å². The van der Waals surface area contributed by atoms with Gasteiger partial charge in [0.25, 0.3) is 5.91 Å². The molecule has 0 aliphatic carbocycles. The lowest BCUT2D eigenvalue weighted by molar-refractivity contribution is -0.134. The number of nitrogens with zero attached hydrogens (tertiary/aromatic N) is 1. The molecule has 4 atom stereocenters. The maximum Gasteiger partial charge on any atom is 0.251 e. The van der Waals surface area contributed by atoms with Gasteiger partial charge in [-0.3, -0.25) is 19.9 Å². The normalized spacial score (nSPS) is 29.0. The number of methoxy groups -OCH3 is 1. The van der Waals surface area contributed by atoms with Crippen LogP contribution in [0.15, 0.2) is 42.5 Å². The molecule has 5 heterocycles.